The summed E-state index contributed by atoms with van der Waals surface area (Å²) < 4.78 is 1.57. The van der Waals surface area contributed by atoms with Crippen LogP contribution in [0.15, 0.2) is 29.1 Å². The molecule has 2 aromatic heterocycles. The van der Waals surface area contributed by atoms with Crippen LogP contribution in [0.3, 0.4) is 0 Å². The summed E-state index contributed by atoms with van der Waals surface area (Å²) in [6.07, 6.45) is 4.25. The van der Waals surface area contributed by atoms with Crippen LogP contribution >= 0.6 is 0 Å². The molecule has 0 unspecified atom stereocenters. The molecule has 0 bridgehead atoms. The standard InChI is InChI=1S/C15H15N5O2/c21-14-10-7-3-4-8-11(10)20-13(17-14)12(18-19-20)15(22)16-9-5-1-2-6-9/h3-4,7-9,19H,1-2,5-6H2,(H,16,22). The highest BCUT2D eigenvalue weighted by Crippen LogP contribution is 2.18. The number of aromatic nitrogens is 4. The maximum absolute atomic E-state index is 12.4. The second kappa shape index (κ2) is 4.94. The van der Waals surface area contributed by atoms with E-state index < -0.39 is 0 Å². The van der Waals surface area contributed by atoms with Crippen LogP contribution in [0.5, 0.6) is 0 Å². The highest BCUT2D eigenvalue weighted by molar-refractivity contribution is 5.98. The Morgan fingerprint density at radius 3 is 2.86 bits per heavy atom. The zero-order chi connectivity index (χ0) is 15.1. The van der Waals surface area contributed by atoms with Gasteiger partial charge in [-0.1, -0.05) is 25.0 Å². The smallest absolute Gasteiger partial charge is 0.281 e. The van der Waals surface area contributed by atoms with Gasteiger partial charge < -0.3 is 5.32 Å². The number of aromatic amines is 1. The van der Waals surface area contributed by atoms with E-state index in [2.05, 4.69) is 20.6 Å². The molecule has 1 saturated carbocycles. The van der Waals surface area contributed by atoms with Gasteiger partial charge in [0.2, 0.25) is 0 Å². The van der Waals surface area contributed by atoms with Crippen molar-refractivity contribution < 1.29 is 4.79 Å². The fraction of sp³-hybridized carbons (Fsp3) is 0.333. The van der Waals surface area contributed by atoms with E-state index in [-0.39, 0.29) is 28.8 Å². The van der Waals surface area contributed by atoms with E-state index in [1.54, 1.807) is 22.7 Å². The topological polar surface area (TPSA) is 92.2 Å². The van der Waals surface area contributed by atoms with Gasteiger partial charge in [0.05, 0.1) is 10.9 Å². The number of carbonyl (C=O) groups excluding carboxylic acids is 1. The zero-order valence-corrected chi connectivity index (χ0v) is 11.9. The second-order valence-electron chi connectivity index (χ2n) is 5.61. The minimum absolute atomic E-state index is 0.162. The molecule has 4 rings (SSSR count). The number of amides is 1. The largest absolute Gasteiger partial charge is 0.348 e. The Morgan fingerprint density at radius 2 is 2.05 bits per heavy atom. The molecule has 0 aliphatic heterocycles. The first kappa shape index (κ1) is 13.0. The number of para-hydroxylation sites is 1. The molecule has 2 N–H and O–H groups in total. The van der Waals surface area contributed by atoms with Crippen molar-refractivity contribution in [2.24, 2.45) is 0 Å². The number of carbonyl (C=O) groups is 1. The molecule has 2 heterocycles. The van der Waals surface area contributed by atoms with Gasteiger partial charge in [0.15, 0.2) is 11.3 Å². The summed E-state index contributed by atoms with van der Waals surface area (Å²) in [7, 11) is 0. The molecule has 7 nitrogen and oxygen atoms in total. The quantitative estimate of drug-likeness (QED) is 0.744. The molecule has 1 aliphatic rings. The zero-order valence-electron chi connectivity index (χ0n) is 11.9. The van der Waals surface area contributed by atoms with Crippen molar-refractivity contribution in [2.75, 3.05) is 0 Å². The van der Waals surface area contributed by atoms with Crippen molar-refractivity contribution in [3.63, 3.8) is 0 Å². The highest BCUT2D eigenvalue weighted by atomic mass is 16.2. The van der Waals surface area contributed by atoms with Gasteiger partial charge in [0, 0.05) is 6.04 Å². The number of fused-ring (bicyclic) bond motifs is 3. The summed E-state index contributed by atoms with van der Waals surface area (Å²) in [4.78, 5) is 28.5. The normalized spacial score (nSPS) is 15.6. The molecule has 1 amide bonds. The third-order valence-electron chi connectivity index (χ3n) is 4.17. The van der Waals surface area contributed by atoms with E-state index in [9.17, 15) is 9.59 Å². The lowest BCUT2D eigenvalue weighted by atomic mass is 10.2. The van der Waals surface area contributed by atoms with E-state index in [1.165, 1.54) is 0 Å². The molecule has 1 aromatic carbocycles. The molecular formula is C15H15N5O2. The predicted octanol–water partition coefficient (Wildman–Crippen LogP) is 1.24. The Bertz CT molecular complexity index is 920. The Kier molecular flexibility index (Phi) is 2.92. The lowest BCUT2D eigenvalue weighted by molar-refractivity contribution is 0.0934. The summed E-state index contributed by atoms with van der Waals surface area (Å²) in [5.74, 6) is -0.284. The summed E-state index contributed by atoms with van der Waals surface area (Å²) >= 11 is 0. The van der Waals surface area contributed by atoms with E-state index in [1.807, 2.05) is 6.07 Å². The molecule has 0 spiro atoms. The molecule has 22 heavy (non-hydrogen) atoms. The van der Waals surface area contributed by atoms with E-state index in [0.29, 0.717) is 10.9 Å². The fourth-order valence-corrected chi connectivity index (χ4v) is 3.06. The van der Waals surface area contributed by atoms with Crippen LogP contribution in [-0.4, -0.2) is 31.8 Å². The lowest BCUT2D eigenvalue weighted by Crippen LogP contribution is -2.33. The minimum atomic E-state index is -0.355. The van der Waals surface area contributed by atoms with Crippen LogP contribution < -0.4 is 10.9 Å². The van der Waals surface area contributed by atoms with Crippen LogP contribution in [0.2, 0.25) is 0 Å². The number of hydrogen-bond acceptors (Lipinski definition) is 4. The van der Waals surface area contributed by atoms with Gasteiger partial charge in [0.1, 0.15) is 0 Å². The van der Waals surface area contributed by atoms with Crippen molar-refractivity contribution in [3.05, 3.63) is 40.3 Å². The molecule has 0 radical (unpaired) electrons. The number of H-pyrrole nitrogens is 1. The molecule has 1 fully saturated rings. The number of rotatable bonds is 2. The maximum Gasteiger partial charge on any atom is 0.281 e. The molecule has 0 atom stereocenters. The summed E-state index contributed by atoms with van der Waals surface area (Å²) in [5.41, 5.74) is 0.728. The van der Waals surface area contributed by atoms with Crippen LogP contribution in [0, 0.1) is 0 Å². The first-order chi connectivity index (χ1) is 10.7. The van der Waals surface area contributed by atoms with Crippen LogP contribution in [0.4, 0.5) is 0 Å². The third kappa shape index (κ3) is 1.97. The van der Waals surface area contributed by atoms with Gasteiger partial charge in [0.25, 0.3) is 11.5 Å². The van der Waals surface area contributed by atoms with Crippen molar-refractivity contribution in [3.8, 4) is 0 Å². The van der Waals surface area contributed by atoms with Crippen molar-refractivity contribution in [1.82, 2.24) is 25.1 Å². The van der Waals surface area contributed by atoms with E-state index in [0.717, 1.165) is 25.7 Å². The first-order valence-electron chi connectivity index (χ1n) is 7.41. The molecule has 3 aromatic rings. The molecule has 7 heteroatoms. The number of benzene rings is 1. The lowest BCUT2D eigenvalue weighted by Gasteiger charge is -2.09. The highest BCUT2D eigenvalue weighted by Gasteiger charge is 2.22. The van der Waals surface area contributed by atoms with Gasteiger partial charge in [-0.05, 0) is 25.0 Å². The van der Waals surface area contributed by atoms with Gasteiger partial charge in [-0.25, -0.2) is 9.73 Å². The molecule has 0 saturated heterocycles. The number of nitrogens with one attached hydrogen (secondary N) is 2. The van der Waals surface area contributed by atoms with Crippen molar-refractivity contribution in [2.45, 2.75) is 31.7 Å². The van der Waals surface area contributed by atoms with Gasteiger partial charge in [-0.2, -0.15) is 4.98 Å². The van der Waals surface area contributed by atoms with Gasteiger partial charge in [-0.3, -0.25) is 9.59 Å². The number of hydrogen-bond donors (Lipinski definition) is 2. The Hall–Kier alpha value is -2.70. The van der Waals surface area contributed by atoms with Gasteiger partial charge in [-0.15, -0.1) is 5.10 Å². The SMILES string of the molecule is O=C(NC1CCCC1)c1n[nH]n2c1nc(=O)c1ccccc12. The summed E-state index contributed by atoms with van der Waals surface area (Å²) in [6, 6.07) is 7.30. The number of nitrogens with zero attached hydrogens (tertiary/aromatic N) is 3. The summed E-state index contributed by atoms with van der Waals surface area (Å²) in [5, 5.41) is 10.3. The van der Waals surface area contributed by atoms with Gasteiger partial charge >= 0.3 is 0 Å². The van der Waals surface area contributed by atoms with Crippen LogP contribution in [0.25, 0.3) is 16.6 Å². The second-order valence-corrected chi connectivity index (χ2v) is 5.61. The Labute approximate surface area is 125 Å². The maximum atomic E-state index is 12.4. The van der Waals surface area contributed by atoms with Crippen LogP contribution in [-0.2, 0) is 0 Å². The average molecular weight is 297 g/mol. The predicted molar refractivity (Wildman–Crippen MR) is 80.8 cm³/mol. The summed E-state index contributed by atoms with van der Waals surface area (Å²) in [6.45, 7) is 0. The average Bonchev–Trinajstić information content (AvgIpc) is 3.17. The van der Waals surface area contributed by atoms with Crippen molar-refractivity contribution in [1.29, 1.82) is 0 Å². The van der Waals surface area contributed by atoms with E-state index >= 15 is 0 Å². The Morgan fingerprint density at radius 1 is 1.27 bits per heavy atom. The molecular weight excluding hydrogens is 282 g/mol. The Balaban J connectivity index is 1.82. The first-order valence-corrected chi connectivity index (χ1v) is 7.41. The monoisotopic (exact) mass is 297 g/mol. The fourth-order valence-electron chi connectivity index (χ4n) is 3.06. The molecule has 112 valence electrons. The minimum Gasteiger partial charge on any atom is -0.348 e. The third-order valence-corrected chi connectivity index (χ3v) is 4.17. The van der Waals surface area contributed by atoms with E-state index in [4.69, 9.17) is 0 Å². The van der Waals surface area contributed by atoms with Crippen molar-refractivity contribution >= 4 is 22.5 Å². The molecule has 1 aliphatic carbocycles. The van der Waals surface area contributed by atoms with Crippen LogP contribution in [0.1, 0.15) is 36.2 Å².